The molecular weight excluding hydrogens is 275 g/mol. The van der Waals surface area contributed by atoms with Crippen LogP contribution in [0.3, 0.4) is 0 Å². The Hall–Kier alpha value is -0.660. The molecule has 1 aromatic rings. The maximum absolute atomic E-state index is 12.5. The van der Waals surface area contributed by atoms with Gasteiger partial charge in [0, 0.05) is 19.6 Å². The topological polar surface area (TPSA) is 28.2 Å². The van der Waals surface area contributed by atoms with Crippen molar-refractivity contribution in [3.63, 3.8) is 0 Å². The fourth-order valence-electron chi connectivity index (χ4n) is 2.77. The molecule has 0 bridgehead atoms. The molecule has 0 saturated carbocycles. The summed E-state index contributed by atoms with van der Waals surface area (Å²) in [4.78, 5) is 1.61. The van der Waals surface area contributed by atoms with Crippen molar-refractivity contribution in [3.8, 4) is 0 Å². The zero-order chi connectivity index (χ0) is 13.5. The van der Waals surface area contributed by atoms with Gasteiger partial charge in [0.1, 0.15) is 4.88 Å². The highest BCUT2D eigenvalue weighted by Crippen LogP contribution is 2.36. The Morgan fingerprint density at radius 2 is 2.00 bits per heavy atom. The van der Waals surface area contributed by atoms with Crippen molar-refractivity contribution in [2.45, 2.75) is 25.6 Å². The van der Waals surface area contributed by atoms with Crippen molar-refractivity contribution in [1.82, 2.24) is 14.6 Å². The van der Waals surface area contributed by atoms with Gasteiger partial charge in [-0.05, 0) is 48.9 Å². The van der Waals surface area contributed by atoms with Gasteiger partial charge in [-0.2, -0.15) is 17.5 Å². The Balaban J connectivity index is 1.56. The first-order chi connectivity index (χ1) is 8.97. The summed E-state index contributed by atoms with van der Waals surface area (Å²) >= 11 is 0.549. The van der Waals surface area contributed by atoms with Gasteiger partial charge >= 0.3 is 6.18 Å². The number of hydrogen-bond donors (Lipinski definition) is 1. The number of piperidine rings is 1. The summed E-state index contributed by atoms with van der Waals surface area (Å²) in [6.45, 7) is 4.64. The molecular formula is C12H16F3N3S. The number of halogens is 3. The quantitative estimate of drug-likeness (QED) is 0.906. The predicted octanol–water partition coefficient (Wildman–Crippen LogP) is 2.35. The van der Waals surface area contributed by atoms with Crippen molar-refractivity contribution < 1.29 is 13.2 Å². The normalized spacial score (nSPS) is 23.5. The number of likely N-dealkylation sites (tertiary alicyclic amines) is 1. The van der Waals surface area contributed by atoms with E-state index in [2.05, 4.69) is 14.6 Å². The second-order valence-corrected chi connectivity index (χ2v) is 6.36. The smallest absolute Gasteiger partial charge is 0.316 e. The third-order valence-corrected chi connectivity index (χ3v) is 5.01. The Morgan fingerprint density at radius 3 is 2.47 bits per heavy atom. The Labute approximate surface area is 114 Å². The molecule has 0 radical (unpaired) electrons. The van der Waals surface area contributed by atoms with Gasteiger partial charge in [-0.15, -0.1) is 0 Å². The molecule has 0 aliphatic carbocycles. The summed E-state index contributed by atoms with van der Waals surface area (Å²) in [6, 6.07) is 1.18. The van der Waals surface area contributed by atoms with E-state index in [9.17, 15) is 13.2 Å². The molecule has 0 unspecified atom stereocenters. The zero-order valence-corrected chi connectivity index (χ0v) is 11.3. The summed E-state index contributed by atoms with van der Waals surface area (Å²) in [5.41, 5.74) is 1.01. The summed E-state index contributed by atoms with van der Waals surface area (Å²) in [7, 11) is 0. The minimum atomic E-state index is -4.26. The lowest BCUT2D eigenvalue weighted by Crippen LogP contribution is -2.58. The number of nitrogens with one attached hydrogen (secondary N) is 1. The monoisotopic (exact) mass is 291 g/mol. The summed E-state index contributed by atoms with van der Waals surface area (Å²) < 4.78 is 41.4. The van der Waals surface area contributed by atoms with Crippen molar-refractivity contribution in [2.75, 3.05) is 26.2 Å². The molecule has 3 rings (SSSR count). The number of nitrogens with zero attached hydrogens (tertiary/aromatic N) is 2. The van der Waals surface area contributed by atoms with Crippen LogP contribution in [0.25, 0.3) is 0 Å². The average molecular weight is 291 g/mol. The standard InChI is InChI=1S/C12H16F3N3S/c13-12(14,15)10-5-9(17-19-10)6-18-3-1-11(2-4-18)7-16-8-11/h5,16H,1-4,6-8H2. The van der Waals surface area contributed by atoms with Gasteiger partial charge in [0.05, 0.1) is 5.69 Å². The molecule has 1 spiro atoms. The molecule has 0 aromatic carbocycles. The molecule has 2 aliphatic rings. The second kappa shape index (κ2) is 4.71. The summed E-state index contributed by atoms with van der Waals surface area (Å²) in [6.07, 6.45) is -1.99. The van der Waals surface area contributed by atoms with Gasteiger partial charge in [-0.25, -0.2) is 0 Å². The van der Waals surface area contributed by atoms with Crippen LogP contribution in [0.5, 0.6) is 0 Å². The van der Waals surface area contributed by atoms with E-state index in [4.69, 9.17) is 0 Å². The molecule has 2 aliphatic heterocycles. The first-order valence-corrected chi connectivity index (χ1v) is 7.20. The highest BCUT2D eigenvalue weighted by atomic mass is 32.1. The summed E-state index contributed by atoms with van der Waals surface area (Å²) in [5.74, 6) is 0. The maximum atomic E-state index is 12.5. The average Bonchev–Trinajstić information content (AvgIpc) is 2.76. The predicted molar refractivity (Wildman–Crippen MR) is 66.9 cm³/mol. The lowest BCUT2D eigenvalue weighted by Gasteiger charge is -2.48. The lowest BCUT2D eigenvalue weighted by atomic mass is 9.73. The van der Waals surface area contributed by atoms with E-state index in [0.29, 0.717) is 29.2 Å². The maximum Gasteiger partial charge on any atom is 0.427 e. The van der Waals surface area contributed by atoms with Crippen molar-refractivity contribution in [1.29, 1.82) is 0 Å². The molecule has 106 valence electrons. The highest BCUT2D eigenvalue weighted by molar-refractivity contribution is 7.05. The van der Waals surface area contributed by atoms with Gasteiger partial charge in [0.2, 0.25) is 0 Å². The molecule has 3 heterocycles. The van der Waals surface area contributed by atoms with Crippen LogP contribution >= 0.6 is 11.5 Å². The molecule has 2 saturated heterocycles. The molecule has 0 atom stereocenters. The van der Waals surface area contributed by atoms with Gasteiger partial charge in [-0.1, -0.05) is 0 Å². The lowest BCUT2D eigenvalue weighted by molar-refractivity contribution is -0.134. The minimum Gasteiger partial charge on any atom is -0.316 e. The number of hydrogen-bond acceptors (Lipinski definition) is 4. The van der Waals surface area contributed by atoms with E-state index < -0.39 is 11.1 Å². The van der Waals surface area contributed by atoms with E-state index >= 15 is 0 Å². The number of rotatable bonds is 2. The molecule has 1 aromatic heterocycles. The first kappa shape index (κ1) is 13.3. The van der Waals surface area contributed by atoms with Crippen LogP contribution in [0, 0.1) is 5.41 Å². The minimum absolute atomic E-state index is 0.468. The van der Waals surface area contributed by atoms with Crippen molar-refractivity contribution in [2.24, 2.45) is 5.41 Å². The molecule has 19 heavy (non-hydrogen) atoms. The van der Waals surface area contributed by atoms with Gasteiger partial charge < -0.3 is 5.32 Å². The van der Waals surface area contributed by atoms with Crippen LogP contribution in [0.15, 0.2) is 6.07 Å². The van der Waals surface area contributed by atoms with Crippen molar-refractivity contribution in [3.05, 3.63) is 16.6 Å². The van der Waals surface area contributed by atoms with Gasteiger partial charge in [0.15, 0.2) is 0 Å². The van der Waals surface area contributed by atoms with Crippen LogP contribution in [-0.2, 0) is 12.7 Å². The first-order valence-electron chi connectivity index (χ1n) is 6.43. The van der Waals surface area contributed by atoms with E-state index in [1.165, 1.54) is 6.07 Å². The van der Waals surface area contributed by atoms with Crippen LogP contribution < -0.4 is 5.32 Å². The fourth-order valence-corrected chi connectivity index (χ4v) is 3.38. The molecule has 3 nitrogen and oxygen atoms in total. The largest absolute Gasteiger partial charge is 0.427 e. The zero-order valence-electron chi connectivity index (χ0n) is 10.5. The van der Waals surface area contributed by atoms with E-state index in [1.807, 2.05) is 0 Å². The van der Waals surface area contributed by atoms with E-state index in [0.717, 1.165) is 39.0 Å². The third-order valence-electron chi connectivity index (χ3n) is 4.14. The molecule has 0 amide bonds. The Bertz CT molecular complexity index is 443. The summed E-state index contributed by atoms with van der Waals surface area (Å²) in [5, 5.41) is 3.30. The fraction of sp³-hybridized carbons (Fsp3) is 0.750. The Kier molecular flexibility index (Phi) is 3.31. The van der Waals surface area contributed by atoms with Crippen LogP contribution in [-0.4, -0.2) is 35.5 Å². The van der Waals surface area contributed by atoms with Crippen LogP contribution in [0.2, 0.25) is 0 Å². The van der Waals surface area contributed by atoms with E-state index in [-0.39, 0.29) is 0 Å². The van der Waals surface area contributed by atoms with Crippen molar-refractivity contribution >= 4 is 11.5 Å². The van der Waals surface area contributed by atoms with Gasteiger partial charge in [0.25, 0.3) is 0 Å². The van der Waals surface area contributed by atoms with Crippen LogP contribution in [0.1, 0.15) is 23.4 Å². The molecule has 1 N–H and O–H groups in total. The van der Waals surface area contributed by atoms with Gasteiger partial charge in [-0.3, -0.25) is 4.90 Å². The van der Waals surface area contributed by atoms with Crippen LogP contribution in [0.4, 0.5) is 13.2 Å². The number of aromatic nitrogens is 1. The Morgan fingerprint density at radius 1 is 1.32 bits per heavy atom. The van der Waals surface area contributed by atoms with E-state index in [1.54, 1.807) is 0 Å². The second-order valence-electron chi connectivity index (χ2n) is 5.56. The molecule has 7 heteroatoms. The molecule has 2 fully saturated rings. The highest BCUT2D eigenvalue weighted by Gasteiger charge is 2.39. The number of alkyl halides is 3. The SMILES string of the molecule is FC(F)(F)c1cc(CN2CCC3(CC2)CNC3)ns1. The third kappa shape index (κ3) is 2.78.